The van der Waals surface area contributed by atoms with Gasteiger partial charge in [-0.3, -0.25) is 0 Å². The first-order valence-electron chi connectivity index (χ1n) is 6.34. The van der Waals surface area contributed by atoms with Crippen LogP contribution < -0.4 is 0 Å². The Balaban J connectivity index is 0. The predicted octanol–water partition coefficient (Wildman–Crippen LogP) is -0.399. The number of hydrogen-bond donors (Lipinski definition) is 2. The SMILES string of the molecule is B.CC(C)CCSCCOCCOCCOB(O)O. The van der Waals surface area contributed by atoms with E-state index in [4.69, 9.17) is 19.5 Å². The number of rotatable bonds is 13. The van der Waals surface area contributed by atoms with Gasteiger partial charge in [0.1, 0.15) is 0 Å². The zero-order valence-corrected chi connectivity index (χ0v) is 12.2. The molecule has 0 amide bonds. The van der Waals surface area contributed by atoms with E-state index in [2.05, 4.69) is 18.5 Å². The maximum Gasteiger partial charge on any atom is 0.633 e. The Hall–Kier alpha value is 0.280. The standard InChI is InChI=1S/C11H25BO5S.BH3/c1-11(2)3-9-18-10-8-16-5-4-15-6-7-17-12(13)14;/h11,13-14H,3-10H2,1-2H3;1H3. The van der Waals surface area contributed by atoms with Crippen LogP contribution >= 0.6 is 11.8 Å². The average Bonchev–Trinajstić information content (AvgIpc) is 2.29. The van der Waals surface area contributed by atoms with Crippen LogP contribution in [0.5, 0.6) is 0 Å². The van der Waals surface area contributed by atoms with Crippen molar-refractivity contribution in [2.24, 2.45) is 5.92 Å². The third-order valence-corrected chi connectivity index (χ3v) is 3.06. The van der Waals surface area contributed by atoms with Crippen LogP contribution in [0.1, 0.15) is 20.3 Å². The second-order valence-corrected chi connectivity index (χ2v) is 5.44. The summed E-state index contributed by atoms with van der Waals surface area (Å²) < 4.78 is 15.0. The highest BCUT2D eigenvalue weighted by atomic mass is 32.2. The summed E-state index contributed by atoms with van der Waals surface area (Å²) in [6.45, 7) is 6.78. The molecule has 0 unspecified atom stereocenters. The first-order valence-corrected chi connectivity index (χ1v) is 7.49. The van der Waals surface area contributed by atoms with Crippen LogP contribution in [0, 0.1) is 5.92 Å². The molecular weight excluding hydrogens is 266 g/mol. The summed E-state index contributed by atoms with van der Waals surface area (Å²) in [5.41, 5.74) is 0. The maximum absolute atomic E-state index is 8.38. The van der Waals surface area contributed by atoms with Gasteiger partial charge < -0.3 is 24.2 Å². The highest BCUT2D eigenvalue weighted by Gasteiger charge is 2.06. The minimum atomic E-state index is -1.72. The van der Waals surface area contributed by atoms with Crippen LogP contribution in [-0.2, 0) is 14.1 Å². The molecule has 0 fully saturated rings. The summed E-state index contributed by atoms with van der Waals surface area (Å²) in [5.74, 6) is 2.98. The molecule has 0 aromatic carbocycles. The van der Waals surface area contributed by atoms with E-state index in [0.717, 1.165) is 18.3 Å². The second-order valence-electron chi connectivity index (χ2n) is 4.22. The molecule has 0 aliphatic carbocycles. The van der Waals surface area contributed by atoms with Crippen molar-refractivity contribution < 1.29 is 24.2 Å². The van der Waals surface area contributed by atoms with Crippen LogP contribution in [0.25, 0.3) is 0 Å². The van der Waals surface area contributed by atoms with Gasteiger partial charge in [-0.05, 0) is 18.1 Å². The Morgan fingerprint density at radius 2 is 1.53 bits per heavy atom. The zero-order valence-electron chi connectivity index (χ0n) is 11.3. The van der Waals surface area contributed by atoms with E-state index in [1.807, 2.05) is 11.8 Å². The van der Waals surface area contributed by atoms with Gasteiger partial charge in [0.25, 0.3) is 0 Å². The molecule has 0 spiro atoms. The average molecular weight is 294 g/mol. The largest absolute Gasteiger partial charge is 0.633 e. The van der Waals surface area contributed by atoms with Gasteiger partial charge in [-0.25, -0.2) is 0 Å². The van der Waals surface area contributed by atoms with Gasteiger partial charge >= 0.3 is 7.32 Å². The van der Waals surface area contributed by atoms with E-state index in [1.165, 1.54) is 12.2 Å². The Morgan fingerprint density at radius 1 is 0.947 bits per heavy atom. The van der Waals surface area contributed by atoms with Crippen molar-refractivity contribution in [1.29, 1.82) is 0 Å². The lowest BCUT2D eigenvalue weighted by atomic mass is 10.2. The van der Waals surface area contributed by atoms with Gasteiger partial charge in [-0.15, -0.1) is 0 Å². The minimum Gasteiger partial charge on any atom is -0.402 e. The molecular formula is C11H28B2O5S. The smallest absolute Gasteiger partial charge is 0.402 e. The summed E-state index contributed by atoms with van der Waals surface area (Å²) >= 11 is 1.92. The summed E-state index contributed by atoms with van der Waals surface area (Å²) in [4.78, 5) is 0. The highest BCUT2D eigenvalue weighted by Crippen LogP contribution is 2.08. The van der Waals surface area contributed by atoms with Gasteiger partial charge in [0.05, 0.1) is 41.4 Å². The highest BCUT2D eigenvalue weighted by molar-refractivity contribution is 7.99. The Bertz CT molecular complexity index is 157. The first-order chi connectivity index (χ1) is 8.63. The summed E-state index contributed by atoms with van der Waals surface area (Å²) in [7, 11) is -1.72. The van der Waals surface area contributed by atoms with Crippen LogP contribution in [0.15, 0.2) is 0 Å². The van der Waals surface area contributed by atoms with E-state index < -0.39 is 7.32 Å². The molecule has 0 rings (SSSR count). The minimum absolute atomic E-state index is 0. The molecule has 0 saturated carbocycles. The summed E-state index contributed by atoms with van der Waals surface area (Å²) in [6.07, 6.45) is 1.25. The molecule has 19 heavy (non-hydrogen) atoms. The lowest BCUT2D eigenvalue weighted by Gasteiger charge is -2.07. The van der Waals surface area contributed by atoms with Gasteiger partial charge in [-0.1, -0.05) is 13.8 Å². The molecule has 0 aromatic rings. The van der Waals surface area contributed by atoms with Crippen molar-refractivity contribution in [2.45, 2.75) is 20.3 Å². The van der Waals surface area contributed by atoms with Crippen molar-refractivity contribution in [1.82, 2.24) is 0 Å². The Morgan fingerprint density at radius 3 is 2.11 bits per heavy atom. The molecule has 0 saturated heterocycles. The normalized spacial score (nSPS) is 10.6. The number of hydrogen-bond acceptors (Lipinski definition) is 6. The number of thioether (sulfide) groups is 1. The van der Waals surface area contributed by atoms with Gasteiger partial charge in [0, 0.05) is 5.75 Å². The van der Waals surface area contributed by atoms with Crippen molar-refractivity contribution in [3.05, 3.63) is 0 Å². The number of ether oxygens (including phenoxy) is 2. The molecule has 0 aliphatic heterocycles. The van der Waals surface area contributed by atoms with Crippen molar-refractivity contribution in [2.75, 3.05) is 44.5 Å². The van der Waals surface area contributed by atoms with Crippen LogP contribution in [0.4, 0.5) is 0 Å². The molecule has 0 aromatic heterocycles. The first kappa shape index (κ1) is 21.6. The Labute approximate surface area is 123 Å². The zero-order chi connectivity index (χ0) is 13.6. The van der Waals surface area contributed by atoms with Gasteiger partial charge in [-0.2, -0.15) is 11.8 Å². The molecule has 0 bridgehead atoms. The molecule has 0 radical (unpaired) electrons. The molecule has 0 heterocycles. The van der Waals surface area contributed by atoms with E-state index >= 15 is 0 Å². The second kappa shape index (κ2) is 16.3. The quantitative estimate of drug-likeness (QED) is 0.356. The topological polar surface area (TPSA) is 68.2 Å². The summed E-state index contributed by atoms with van der Waals surface area (Å²) in [5, 5.41) is 16.8. The van der Waals surface area contributed by atoms with E-state index in [9.17, 15) is 0 Å². The molecule has 2 N–H and O–H groups in total. The van der Waals surface area contributed by atoms with E-state index in [0.29, 0.717) is 19.8 Å². The fraction of sp³-hybridized carbons (Fsp3) is 1.00. The van der Waals surface area contributed by atoms with E-state index in [1.54, 1.807) is 0 Å². The van der Waals surface area contributed by atoms with Crippen LogP contribution in [-0.4, -0.2) is 70.3 Å². The molecule has 0 aliphatic rings. The van der Waals surface area contributed by atoms with Gasteiger partial charge in [0.2, 0.25) is 0 Å². The maximum atomic E-state index is 8.38. The van der Waals surface area contributed by atoms with Crippen LogP contribution in [0.2, 0.25) is 0 Å². The fourth-order valence-electron chi connectivity index (χ4n) is 1.07. The lowest BCUT2D eigenvalue weighted by Crippen LogP contribution is -2.20. The molecule has 5 nitrogen and oxygen atoms in total. The van der Waals surface area contributed by atoms with Crippen molar-refractivity contribution in [3.8, 4) is 0 Å². The van der Waals surface area contributed by atoms with Gasteiger partial charge in [0.15, 0.2) is 0 Å². The van der Waals surface area contributed by atoms with Crippen molar-refractivity contribution in [3.63, 3.8) is 0 Å². The third-order valence-electron chi connectivity index (χ3n) is 2.08. The summed E-state index contributed by atoms with van der Waals surface area (Å²) in [6, 6.07) is 0. The predicted molar refractivity (Wildman–Crippen MR) is 84.5 cm³/mol. The molecule has 0 atom stereocenters. The monoisotopic (exact) mass is 294 g/mol. The van der Waals surface area contributed by atoms with Crippen molar-refractivity contribution >= 4 is 27.5 Å². The third kappa shape index (κ3) is 20.8. The molecule has 114 valence electrons. The van der Waals surface area contributed by atoms with Crippen LogP contribution in [0.3, 0.4) is 0 Å². The van der Waals surface area contributed by atoms with E-state index in [-0.39, 0.29) is 15.0 Å². The fourth-order valence-corrected chi connectivity index (χ4v) is 2.15. The molecule has 8 heteroatoms. The lowest BCUT2D eigenvalue weighted by molar-refractivity contribution is 0.0339. The Kier molecular flexibility index (Phi) is 18.5.